The van der Waals surface area contributed by atoms with Gasteiger partial charge in [-0.05, 0) is 25.8 Å². The minimum Gasteiger partial charge on any atom is -0.381 e. The van der Waals surface area contributed by atoms with Gasteiger partial charge in [0.15, 0.2) is 0 Å². The Morgan fingerprint density at radius 2 is 1.91 bits per heavy atom. The molecule has 1 rings (SSSR count). The van der Waals surface area contributed by atoms with Gasteiger partial charge in [0.1, 0.15) is 0 Å². The highest BCUT2D eigenvalue weighted by atomic mass is 35.5. The molecule has 22 heavy (non-hydrogen) atoms. The zero-order chi connectivity index (χ0) is 15.2. The average Bonchev–Trinajstić information content (AvgIpc) is 2.36. The third kappa shape index (κ3) is 9.68. The van der Waals surface area contributed by atoms with Gasteiger partial charge in [-0.2, -0.15) is 13.2 Å². The number of nitrogens with two attached hydrogens (primary N) is 1. The summed E-state index contributed by atoms with van der Waals surface area (Å²) in [6.45, 7) is 0.489. The molecule has 3 N–H and O–H groups in total. The maximum absolute atomic E-state index is 12.1. The lowest BCUT2D eigenvalue weighted by atomic mass is 9.92. The molecule has 1 atom stereocenters. The van der Waals surface area contributed by atoms with Gasteiger partial charge in [0.05, 0.1) is 12.6 Å². The molecule has 0 spiro atoms. The summed E-state index contributed by atoms with van der Waals surface area (Å²) in [4.78, 5) is 12.9. The Morgan fingerprint density at radius 1 is 1.36 bits per heavy atom. The zero-order valence-electron chi connectivity index (χ0n) is 12.4. The molecule has 1 heterocycles. The van der Waals surface area contributed by atoms with E-state index in [1.807, 2.05) is 0 Å². The predicted molar refractivity (Wildman–Crippen MR) is 82.6 cm³/mol. The lowest BCUT2D eigenvalue weighted by molar-refractivity contribution is -0.142. The van der Waals surface area contributed by atoms with E-state index in [9.17, 15) is 18.0 Å². The first-order valence-corrected chi connectivity index (χ1v) is 6.66. The molecule has 0 aliphatic carbocycles. The fraction of sp³-hybridized carbons (Fsp3) is 0.917. The van der Waals surface area contributed by atoms with E-state index in [0.717, 1.165) is 17.7 Å². The maximum atomic E-state index is 12.1. The van der Waals surface area contributed by atoms with Gasteiger partial charge >= 0.3 is 6.18 Å². The number of alkyl halides is 3. The van der Waals surface area contributed by atoms with Crippen molar-refractivity contribution in [2.75, 3.05) is 39.9 Å². The summed E-state index contributed by atoms with van der Waals surface area (Å²) >= 11 is 0. The Morgan fingerprint density at radius 3 is 2.41 bits per heavy atom. The van der Waals surface area contributed by atoms with Crippen LogP contribution in [0.1, 0.15) is 12.8 Å². The van der Waals surface area contributed by atoms with Gasteiger partial charge in [0.2, 0.25) is 5.91 Å². The van der Waals surface area contributed by atoms with Crippen molar-refractivity contribution >= 4 is 30.7 Å². The van der Waals surface area contributed by atoms with E-state index in [4.69, 9.17) is 10.5 Å². The van der Waals surface area contributed by atoms with Crippen molar-refractivity contribution in [1.82, 2.24) is 10.2 Å². The summed E-state index contributed by atoms with van der Waals surface area (Å²) in [7, 11) is 1.36. The lowest BCUT2D eigenvalue weighted by Crippen LogP contribution is -2.48. The average molecular weight is 370 g/mol. The summed E-state index contributed by atoms with van der Waals surface area (Å²) in [6, 6.07) is -0.619. The fourth-order valence-corrected chi connectivity index (χ4v) is 2.16. The molecule has 0 saturated carbocycles. The number of carbonyl (C=O) groups excluding carboxylic acids is 1. The van der Waals surface area contributed by atoms with E-state index in [1.54, 1.807) is 0 Å². The molecule has 1 unspecified atom stereocenters. The van der Waals surface area contributed by atoms with Gasteiger partial charge in [-0.3, -0.25) is 9.69 Å². The predicted octanol–water partition coefficient (Wildman–Crippen LogP) is 1.19. The topological polar surface area (TPSA) is 67.6 Å². The SMILES string of the molecule is CN(CCNC(=O)C(N)C1CCOCC1)CC(F)(F)F.Cl.Cl. The van der Waals surface area contributed by atoms with Crippen molar-refractivity contribution in [2.45, 2.75) is 25.1 Å². The Bertz CT molecular complexity index is 316. The van der Waals surface area contributed by atoms with E-state index in [1.165, 1.54) is 7.05 Å². The number of rotatable bonds is 6. The van der Waals surface area contributed by atoms with Crippen molar-refractivity contribution < 1.29 is 22.7 Å². The number of likely N-dealkylation sites (N-methyl/N-ethyl adjacent to an activating group) is 1. The van der Waals surface area contributed by atoms with Crippen molar-refractivity contribution in [2.24, 2.45) is 11.7 Å². The molecular formula is C12H24Cl2F3N3O2. The lowest BCUT2D eigenvalue weighted by Gasteiger charge is -2.27. The molecule has 0 aromatic carbocycles. The first kappa shape index (κ1) is 24.0. The first-order valence-electron chi connectivity index (χ1n) is 6.66. The molecule has 10 heteroatoms. The van der Waals surface area contributed by atoms with Crippen LogP contribution in [0.3, 0.4) is 0 Å². The number of amides is 1. The summed E-state index contributed by atoms with van der Waals surface area (Å²) < 4.78 is 41.5. The minimum atomic E-state index is -4.22. The van der Waals surface area contributed by atoms with Crippen LogP contribution in [0.15, 0.2) is 0 Å². The highest BCUT2D eigenvalue weighted by molar-refractivity contribution is 5.85. The number of hydrogen-bond acceptors (Lipinski definition) is 4. The molecule has 0 bridgehead atoms. The first-order chi connectivity index (χ1) is 9.29. The monoisotopic (exact) mass is 369 g/mol. The minimum absolute atomic E-state index is 0. The van der Waals surface area contributed by atoms with Crippen LogP contribution < -0.4 is 11.1 Å². The third-order valence-corrected chi connectivity index (χ3v) is 3.32. The quantitative estimate of drug-likeness (QED) is 0.737. The third-order valence-electron chi connectivity index (χ3n) is 3.32. The number of carbonyl (C=O) groups is 1. The van der Waals surface area contributed by atoms with Crippen LogP contribution in [0.25, 0.3) is 0 Å². The van der Waals surface area contributed by atoms with Crippen LogP contribution in [0.2, 0.25) is 0 Å². The van der Waals surface area contributed by atoms with E-state index < -0.39 is 18.8 Å². The highest BCUT2D eigenvalue weighted by Gasteiger charge is 2.29. The van der Waals surface area contributed by atoms with Gasteiger partial charge in [0, 0.05) is 26.3 Å². The van der Waals surface area contributed by atoms with Gasteiger partial charge in [-0.15, -0.1) is 24.8 Å². The van der Waals surface area contributed by atoms with Gasteiger partial charge in [-0.25, -0.2) is 0 Å². The van der Waals surface area contributed by atoms with Gasteiger partial charge in [0.25, 0.3) is 0 Å². The van der Waals surface area contributed by atoms with E-state index >= 15 is 0 Å². The van der Waals surface area contributed by atoms with Crippen LogP contribution >= 0.6 is 24.8 Å². The standard InChI is InChI=1S/C12H22F3N3O2.2ClH/c1-18(8-12(13,14)15)5-4-17-11(19)10(16)9-2-6-20-7-3-9;;/h9-10H,2-8,16H2,1H3,(H,17,19);2*1H. The van der Waals surface area contributed by atoms with Gasteiger partial charge < -0.3 is 15.8 Å². The van der Waals surface area contributed by atoms with Crippen LogP contribution in [0, 0.1) is 5.92 Å². The van der Waals surface area contributed by atoms with Crippen LogP contribution in [0.5, 0.6) is 0 Å². The second-order valence-corrected chi connectivity index (χ2v) is 5.12. The Hall–Kier alpha value is -0.280. The van der Waals surface area contributed by atoms with Crippen molar-refractivity contribution in [3.63, 3.8) is 0 Å². The largest absolute Gasteiger partial charge is 0.401 e. The Kier molecular flexibility index (Phi) is 12.3. The number of hydrogen-bond donors (Lipinski definition) is 2. The van der Waals surface area contributed by atoms with E-state index in [2.05, 4.69) is 5.32 Å². The second-order valence-electron chi connectivity index (χ2n) is 5.12. The Labute approximate surface area is 140 Å². The summed E-state index contributed by atoms with van der Waals surface area (Å²) in [5.74, 6) is -0.228. The fourth-order valence-electron chi connectivity index (χ4n) is 2.16. The smallest absolute Gasteiger partial charge is 0.381 e. The molecule has 1 aliphatic rings. The van der Waals surface area contributed by atoms with Crippen molar-refractivity contribution in [3.05, 3.63) is 0 Å². The molecule has 1 aliphatic heterocycles. The molecule has 0 radical (unpaired) electrons. The van der Waals surface area contributed by atoms with E-state index in [0.29, 0.717) is 13.2 Å². The van der Waals surface area contributed by atoms with Crippen LogP contribution in [-0.4, -0.2) is 62.9 Å². The number of ether oxygens (including phenoxy) is 1. The number of nitrogens with zero attached hydrogens (tertiary/aromatic N) is 1. The Balaban J connectivity index is 0. The van der Waals surface area contributed by atoms with Crippen molar-refractivity contribution in [1.29, 1.82) is 0 Å². The maximum Gasteiger partial charge on any atom is 0.401 e. The molecule has 1 fully saturated rings. The van der Waals surface area contributed by atoms with Crippen LogP contribution in [0.4, 0.5) is 13.2 Å². The molecule has 0 aromatic rings. The zero-order valence-corrected chi connectivity index (χ0v) is 14.0. The molecule has 1 amide bonds. The molecule has 134 valence electrons. The molecular weight excluding hydrogens is 346 g/mol. The number of nitrogens with one attached hydrogen (secondary N) is 1. The summed E-state index contributed by atoms with van der Waals surface area (Å²) in [5, 5.41) is 2.58. The number of halogens is 5. The van der Waals surface area contributed by atoms with Crippen molar-refractivity contribution in [3.8, 4) is 0 Å². The molecule has 0 aromatic heterocycles. The van der Waals surface area contributed by atoms with Crippen LogP contribution in [-0.2, 0) is 9.53 Å². The summed E-state index contributed by atoms with van der Waals surface area (Å²) in [6.07, 6.45) is -2.75. The van der Waals surface area contributed by atoms with E-state index in [-0.39, 0.29) is 49.7 Å². The molecule has 1 saturated heterocycles. The normalized spacial score (nSPS) is 17.4. The summed E-state index contributed by atoms with van der Waals surface area (Å²) in [5.41, 5.74) is 5.85. The highest BCUT2D eigenvalue weighted by Crippen LogP contribution is 2.17. The second kappa shape index (κ2) is 11.3. The van der Waals surface area contributed by atoms with Gasteiger partial charge in [-0.1, -0.05) is 0 Å². The molecule has 5 nitrogen and oxygen atoms in total.